The van der Waals surface area contributed by atoms with Gasteiger partial charge < -0.3 is 9.84 Å². The topological polar surface area (TPSA) is 77.2 Å². The Balaban J connectivity index is 2.18. The summed E-state index contributed by atoms with van der Waals surface area (Å²) in [4.78, 5) is 16.1. The normalized spacial score (nSPS) is 17.5. The fourth-order valence-electron chi connectivity index (χ4n) is 3.41. The summed E-state index contributed by atoms with van der Waals surface area (Å²) < 4.78 is 6.33. The molecule has 0 saturated carbocycles. The molecular formula is C20H25N3O3. The molecule has 1 N–H and O–H groups in total. The molecule has 2 aromatic rings. The number of rotatable bonds is 4. The smallest absolute Gasteiger partial charge is 0.341 e. The summed E-state index contributed by atoms with van der Waals surface area (Å²) in [7, 11) is 3.01. The summed E-state index contributed by atoms with van der Waals surface area (Å²) >= 11 is 0. The van der Waals surface area contributed by atoms with Crippen LogP contribution in [0.2, 0.25) is 0 Å². The first-order valence-corrected chi connectivity index (χ1v) is 8.76. The number of carbonyl (C=O) groups excluding carboxylic acids is 1. The lowest BCUT2D eigenvalue weighted by Gasteiger charge is -2.29. The van der Waals surface area contributed by atoms with E-state index in [9.17, 15) is 9.90 Å². The highest BCUT2D eigenvalue weighted by Crippen LogP contribution is 2.42. The van der Waals surface area contributed by atoms with Crippen molar-refractivity contribution in [3.63, 3.8) is 0 Å². The lowest BCUT2D eigenvalue weighted by atomic mass is 9.76. The predicted molar refractivity (Wildman–Crippen MR) is 99.0 cm³/mol. The number of aryl methyl sites for hydroxylation is 1. The van der Waals surface area contributed by atoms with Gasteiger partial charge in [0.2, 0.25) is 0 Å². The summed E-state index contributed by atoms with van der Waals surface area (Å²) in [6.07, 6.45) is 7.11. The summed E-state index contributed by atoms with van der Waals surface area (Å²) in [5.41, 5.74) is 4.31. The number of methoxy groups -OCH3 is 1. The molecule has 0 aliphatic heterocycles. The molecule has 0 fully saturated rings. The molecule has 0 aromatic carbocycles. The number of hydrogen-bond acceptors (Lipinski definition) is 5. The molecule has 0 amide bonds. The van der Waals surface area contributed by atoms with Crippen LogP contribution in [-0.4, -0.2) is 33.0 Å². The molecule has 3 rings (SSSR count). The number of allylic oxidation sites excluding steroid dienone is 2. The van der Waals surface area contributed by atoms with Gasteiger partial charge in [0, 0.05) is 30.6 Å². The number of aromatic nitrogens is 3. The third-order valence-corrected chi connectivity index (χ3v) is 5.02. The SMILES string of the molecule is COC(=O)C(O)c1c(C2=CCC(C)(C)CC2)c(-c2ccncc2)nn1C. The van der Waals surface area contributed by atoms with Crippen LogP contribution >= 0.6 is 0 Å². The molecule has 6 heteroatoms. The number of pyridine rings is 1. The van der Waals surface area contributed by atoms with Gasteiger partial charge in [0.25, 0.3) is 0 Å². The molecule has 0 spiro atoms. The fraction of sp³-hybridized carbons (Fsp3) is 0.450. The second-order valence-electron chi connectivity index (χ2n) is 7.49. The quantitative estimate of drug-likeness (QED) is 0.852. The van der Waals surface area contributed by atoms with Crippen LogP contribution in [0.25, 0.3) is 16.8 Å². The van der Waals surface area contributed by atoms with Gasteiger partial charge in [0.15, 0.2) is 6.10 Å². The summed E-state index contributed by atoms with van der Waals surface area (Å²) in [6.45, 7) is 4.50. The lowest BCUT2D eigenvalue weighted by Crippen LogP contribution is -2.19. The standard InChI is InChI=1S/C20H25N3O3/c1-20(2)9-5-13(6-10-20)15-16(14-7-11-21-12-8-14)22-23(3)17(15)18(24)19(25)26-4/h5,7-8,11-12,18,24H,6,9-10H2,1-4H3. The molecular weight excluding hydrogens is 330 g/mol. The molecule has 1 aliphatic carbocycles. The zero-order valence-electron chi connectivity index (χ0n) is 15.7. The van der Waals surface area contributed by atoms with Crippen molar-refractivity contribution in [1.82, 2.24) is 14.8 Å². The summed E-state index contributed by atoms with van der Waals surface area (Å²) in [5, 5.41) is 15.2. The summed E-state index contributed by atoms with van der Waals surface area (Å²) in [5.74, 6) is -0.688. The fourth-order valence-corrected chi connectivity index (χ4v) is 3.41. The Morgan fingerprint density at radius 2 is 2.04 bits per heavy atom. The lowest BCUT2D eigenvalue weighted by molar-refractivity contribution is -0.151. The van der Waals surface area contributed by atoms with E-state index in [1.807, 2.05) is 12.1 Å². The molecule has 2 aromatic heterocycles. The zero-order chi connectivity index (χ0) is 18.9. The zero-order valence-corrected chi connectivity index (χ0v) is 15.7. The van der Waals surface area contributed by atoms with Gasteiger partial charge in [0.1, 0.15) is 5.69 Å². The Morgan fingerprint density at radius 3 is 2.62 bits per heavy atom. The van der Waals surface area contributed by atoms with Crippen LogP contribution in [0.4, 0.5) is 0 Å². The van der Waals surface area contributed by atoms with Crippen LogP contribution in [0, 0.1) is 5.41 Å². The third kappa shape index (κ3) is 3.42. The van der Waals surface area contributed by atoms with Crippen molar-refractivity contribution in [2.75, 3.05) is 7.11 Å². The minimum Gasteiger partial charge on any atom is -0.467 e. The van der Waals surface area contributed by atoms with Crippen molar-refractivity contribution in [1.29, 1.82) is 0 Å². The van der Waals surface area contributed by atoms with Crippen molar-refractivity contribution >= 4 is 11.5 Å². The highest BCUT2D eigenvalue weighted by atomic mass is 16.5. The van der Waals surface area contributed by atoms with Crippen LogP contribution in [0.5, 0.6) is 0 Å². The van der Waals surface area contributed by atoms with Gasteiger partial charge in [-0.1, -0.05) is 19.9 Å². The number of aliphatic hydroxyl groups is 1. The van der Waals surface area contributed by atoms with E-state index in [4.69, 9.17) is 4.74 Å². The molecule has 1 atom stereocenters. The van der Waals surface area contributed by atoms with Crippen LogP contribution in [0.1, 0.15) is 50.5 Å². The van der Waals surface area contributed by atoms with Crippen LogP contribution < -0.4 is 0 Å². The number of aliphatic hydroxyl groups excluding tert-OH is 1. The minimum absolute atomic E-state index is 0.254. The highest BCUT2D eigenvalue weighted by molar-refractivity contribution is 5.85. The molecule has 6 nitrogen and oxygen atoms in total. The predicted octanol–water partition coefficient (Wildman–Crippen LogP) is 3.28. The largest absolute Gasteiger partial charge is 0.467 e. The maximum absolute atomic E-state index is 12.0. The number of esters is 1. The molecule has 0 radical (unpaired) electrons. The molecule has 26 heavy (non-hydrogen) atoms. The molecule has 0 saturated heterocycles. The maximum Gasteiger partial charge on any atom is 0.341 e. The first-order valence-electron chi connectivity index (χ1n) is 8.76. The van der Waals surface area contributed by atoms with Crippen LogP contribution in [0.3, 0.4) is 0 Å². The van der Waals surface area contributed by atoms with Gasteiger partial charge >= 0.3 is 5.97 Å². The van der Waals surface area contributed by atoms with Crippen LogP contribution in [0.15, 0.2) is 30.6 Å². The Labute approximate surface area is 153 Å². The second kappa shape index (κ2) is 7.03. The van der Waals surface area contributed by atoms with Gasteiger partial charge in [-0.2, -0.15) is 5.10 Å². The Hall–Kier alpha value is -2.47. The van der Waals surface area contributed by atoms with Crippen LogP contribution in [-0.2, 0) is 16.6 Å². The van der Waals surface area contributed by atoms with E-state index in [1.54, 1.807) is 24.1 Å². The third-order valence-electron chi connectivity index (χ3n) is 5.02. The van der Waals surface area contributed by atoms with Crippen molar-refractivity contribution in [3.05, 3.63) is 41.9 Å². The van der Waals surface area contributed by atoms with Gasteiger partial charge in [-0.05, 0) is 42.4 Å². The maximum atomic E-state index is 12.0. The molecule has 0 bridgehead atoms. The van der Waals surface area contributed by atoms with E-state index in [0.29, 0.717) is 5.69 Å². The van der Waals surface area contributed by atoms with Gasteiger partial charge in [-0.3, -0.25) is 9.67 Å². The number of ether oxygens (including phenoxy) is 1. The Kier molecular flexibility index (Phi) is 4.96. The Morgan fingerprint density at radius 1 is 1.35 bits per heavy atom. The van der Waals surface area contributed by atoms with Gasteiger partial charge in [-0.15, -0.1) is 0 Å². The monoisotopic (exact) mass is 355 g/mol. The van der Waals surface area contributed by atoms with Gasteiger partial charge in [0.05, 0.1) is 12.8 Å². The van der Waals surface area contributed by atoms with E-state index >= 15 is 0 Å². The minimum atomic E-state index is -1.38. The average Bonchev–Trinajstić information content (AvgIpc) is 2.98. The molecule has 1 aliphatic rings. The second-order valence-corrected chi connectivity index (χ2v) is 7.49. The number of carbonyl (C=O) groups is 1. The summed E-state index contributed by atoms with van der Waals surface area (Å²) in [6, 6.07) is 3.76. The van der Waals surface area contributed by atoms with E-state index in [-0.39, 0.29) is 5.41 Å². The average molecular weight is 355 g/mol. The molecule has 2 heterocycles. The van der Waals surface area contributed by atoms with Crippen molar-refractivity contribution < 1.29 is 14.6 Å². The van der Waals surface area contributed by atoms with E-state index < -0.39 is 12.1 Å². The van der Waals surface area contributed by atoms with Crippen molar-refractivity contribution in [2.24, 2.45) is 12.5 Å². The first kappa shape index (κ1) is 18.3. The Bertz CT molecular complexity index is 837. The number of hydrogen-bond donors (Lipinski definition) is 1. The van der Waals surface area contributed by atoms with E-state index in [1.165, 1.54) is 7.11 Å². The molecule has 138 valence electrons. The van der Waals surface area contributed by atoms with E-state index in [0.717, 1.165) is 41.7 Å². The molecule has 1 unspecified atom stereocenters. The number of nitrogens with zero attached hydrogens (tertiary/aromatic N) is 3. The van der Waals surface area contributed by atoms with Gasteiger partial charge in [-0.25, -0.2) is 4.79 Å². The van der Waals surface area contributed by atoms with E-state index in [2.05, 4.69) is 30.0 Å². The van der Waals surface area contributed by atoms with Crippen molar-refractivity contribution in [2.45, 2.75) is 39.2 Å². The first-order chi connectivity index (χ1) is 12.3. The highest BCUT2D eigenvalue weighted by Gasteiger charge is 2.32. The van der Waals surface area contributed by atoms with Crippen molar-refractivity contribution in [3.8, 4) is 11.3 Å².